The molecule has 100 valence electrons. The zero-order valence-corrected chi connectivity index (χ0v) is 11.3. The van der Waals surface area contributed by atoms with Crippen molar-refractivity contribution in [1.82, 2.24) is 0 Å². The Bertz CT molecular complexity index is 672. The van der Waals surface area contributed by atoms with Crippen LogP contribution in [0, 0.1) is 24.0 Å². The second-order valence-corrected chi connectivity index (χ2v) is 5.06. The number of anilines is 2. The van der Waals surface area contributed by atoms with Gasteiger partial charge >= 0.3 is 6.98 Å². The van der Waals surface area contributed by atoms with Gasteiger partial charge in [-0.3, -0.25) is 10.1 Å². The second-order valence-electron chi connectivity index (χ2n) is 5.06. The molecular weight excluding hydrogens is 253 g/mol. The van der Waals surface area contributed by atoms with Gasteiger partial charge in [0.2, 0.25) is 0 Å². The van der Waals surface area contributed by atoms with E-state index >= 15 is 0 Å². The molecule has 1 aliphatic heterocycles. The lowest BCUT2D eigenvalue weighted by atomic mass is 9.69. The number of rotatable bonds is 2. The number of nitrogens with one attached hydrogen (secondary N) is 2. The van der Waals surface area contributed by atoms with Crippen LogP contribution >= 0.6 is 0 Å². The number of hydrogen-bond acceptors (Lipinski definition) is 4. The molecule has 0 aromatic heterocycles. The first-order chi connectivity index (χ1) is 9.54. The summed E-state index contributed by atoms with van der Waals surface area (Å²) in [5.74, 6) is 0. The zero-order valence-electron chi connectivity index (χ0n) is 11.3. The lowest BCUT2D eigenvalue weighted by Gasteiger charge is -2.06. The van der Waals surface area contributed by atoms with Gasteiger partial charge in [0.25, 0.3) is 5.69 Å². The average Bonchev–Trinajstić information content (AvgIpc) is 2.82. The van der Waals surface area contributed by atoms with Crippen LogP contribution in [0.2, 0.25) is 0 Å². The molecule has 0 aliphatic carbocycles. The van der Waals surface area contributed by atoms with Crippen molar-refractivity contribution in [3.05, 3.63) is 57.6 Å². The zero-order chi connectivity index (χ0) is 14.3. The van der Waals surface area contributed by atoms with Gasteiger partial charge in [-0.25, -0.2) is 0 Å². The fraction of sp³-hybridized carbons (Fsp3) is 0.143. The maximum Gasteiger partial charge on any atom is 0.406 e. The molecule has 0 amide bonds. The van der Waals surface area contributed by atoms with Crippen molar-refractivity contribution in [2.24, 2.45) is 0 Å². The van der Waals surface area contributed by atoms with Gasteiger partial charge < -0.3 is 10.5 Å². The Morgan fingerprint density at radius 2 is 1.65 bits per heavy atom. The molecule has 0 fully saturated rings. The normalized spacial score (nSPS) is 12.6. The predicted octanol–water partition coefficient (Wildman–Crippen LogP) is 2.44. The molecule has 1 heterocycles. The van der Waals surface area contributed by atoms with E-state index in [2.05, 4.69) is 36.4 Å². The molecule has 2 N–H and O–H groups in total. The van der Waals surface area contributed by atoms with E-state index in [4.69, 9.17) is 0 Å². The summed E-state index contributed by atoms with van der Waals surface area (Å²) in [5, 5.41) is 17.5. The van der Waals surface area contributed by atoms with Crippen molar-refractivity contribution in [1.29, 1.82) is 0 Å². The van der Waals surface area contributed by atoms with E-state index < -0.39 is 0 Å². The Kier molecular flexibility index (Phi) is 2.86. The van der Waals surface area contributed by atoms with Crippen molar-refractivity contribution in [2.75, 3.05) is 10.5 Å². The van der Waals surface area contributed by atoms with Gasteiger partial charge in [0.1, 0.15) is 0 Å². The van der Waals surface area contributed by atoms with Gasteiger partial charge in [-0.05, 0) is 42.6 Å². The minimum absolute atomic E-state index is 0.106. The fourth-order valence-electron chi connectivity index (χ4n) is 2.39. The first-order valence-electron chi connectivity index (χ1n) is 6.43. The number of aryl methyl sites for hydroxylation is 2. The van der Waals surface area contributed by atoms with Crippen LogP contribution in [0.4, 0.5) is 17.1 Å². The van der Waals surface area contributed by atoms with Crippen LogP contribution < -0.4 is 15.9 Å². The minimum Gasteiger partial charge on any atom is -0.404 e. The van der Waals surface area contributed by atoms with E-state index in [1.165, 1.54) is 17.2 Å². The van der Waals surface area contributed by atoms with E-state index in [0.717, 1.165) is 16.8 Å². The van der Waals surface area contributed by atoms with Gasteiger partial charge in [-0.1, -0.05) is 12.1 Å². The molecule has 0 spiro atoms. The molecule has 0 saturated heterocycles. The van der Waals surface area contributed by atoms with E-state index in [1.54, 1.807) is 12.1 Å². The third kappa shape index (κ3) is 2.09. The Balaban J connectivity index is 1.92. The molecule has 2 aromatic rings. The van der Waals surface area contributed by atoms with Crippen LogP contribution in [0.3, 0.4) is 0 Å². The Morgan fingerprint density at radius 3 is 2.20 bits per heavy atom. The summed E-state index contributed by atoms with van der Waals surface area (Å²) in [7, 11) is 0. The number of nitro benzene ring substituents is 1. The first-order valence-corrected chi connectivity index (χ1v) is 6.43. The lowest BCUT2D eigenvalue weighted by molar-refractivity contribution is -0.384. The molecule has 2 aromatic carbocycles. The number of fused-ring (bicyclic) bond motifs is 1. The molecule has 20 heavy (non-hydrogen) atoms. The quantitative estimate of drug-likeness (QED) is 0.498. The molecule has 0 atom stereocenters. The molecule has 0 saturated carbocycles. The minimum atomic E-state index is -0.375. The highest BCUT2D eigenvalue weighted by Gasteiger charge is 2.28. The summed E-state index contributed by atoms with van der Waals surface area (Å²) in [6.07, 6.45) is 0. The highest BCUT2D eigenvalue weighted by Crippen LogP contribution is 2.30. The van der Waals surface area contributed by atoms with Crippen LogP contribution in [0.5, 0.6) is 0 Å². The predicted molar refractivity (Wildman–Crippen MR) is 81.6 cm³/mol. The second kappa shape index (κ2) is 4.56. The summed E-state index contributed by atoms with van der Waals surface area (Å²) in [6.45, 7) is 4.00. The summed E-state index contributed by atoms with van der Waals surface area (Å²) in [6, 6.07) is 10.9. The monoisotopic (exact) mass is 267 g/mol. The van der Waals surface area contributed by atoms with Gasteiger partial charge in [0.15, 0.2) is 0 Å². The van der Waals surface area contributed by atoms with Crippen molar-refractivity contribution in [3.8, 4) is 0 Å². The van der Waals surface area contributed by atoms with Crippen molar-refractivity contribution < 1.29 is 4.92 Å². The summed E-state index contributed by atoms with van der Waals surface area (Å²) in [4.78, 5) is 10.5. The smallest absolute Gasteiger partial charge is 0.404 e. The maximum absolute atomic E-state index is 10.8. The van der Waals surface area contributed by atoms with Crippen molar-refractivity contribution in [2.45, 2.75) is 13.8 Å². The number of hydrogen-bond donors (Lipinski definition) is 2. The van der Waals surface area contributed by atoms with Gasteiger partial charge in [0.05, 0.1) is 4.92 Å². The molecule has 0 radical (unpaired) electrons. The van der Waals surface area contributed by atoms with Crippen molar-refractivity contribution >= 4 is 29.5 Å². The third-order valence-corrected chi connectivity index (χ3v) is 3.65. The molecule has 3 rings (SSSR count). The third-order valence-electron chi connectivity index (χ3n) is 3.65. The number of non-ortho nitro benzene ring substituents is 1. The Labute approximate surface area is 117 Å². The fourth-order valence-corrected chi connectivity index (χ4v) is 2.39. The maximum atomic E-state index is 10.8. The van der Waals surface area contributed by atoms with E-state index in [-0.39, 0.29) is 17.6 Å². The van der Waals surface area contributed by atoms with Crippen molar-refractivity contribution in [3.63, 3.8) is 0 Å². The van der Waals surface area contributed by atoms with E-state index in [0.29, 0.717) is 0 Å². The van der Waals surface area contributed by atoms with Gasteiger partial charge in [-0.15, -0.1) is 0 Å². The lowest BCUT2D eigenvalue weighted by Crippen LogP contribution is -2.41. The topological polar surface area (TPSA) is 67.2 Å². The summed E-state index contributed by atoms with van der Waals surface area (Å²) >= 11 is 0. The first kappa shape index (κ1) is 12.5. The average molecular weight is 267 g/mol. The van der Waals surface area contributed by atoms with Gasteiger partial charge in [-0.2, -0.15) is 0 Å². The Hall–Kier alpha value is -2.50. The summed E-state index contributed by atoms with van der Waals surface area (Å²) in [5.41, 5.74) is 5.46. The molecule has 1 aliphatic rings. The molecule has 6 heteroatoms. The standard InChI is InChI=1S/C14H14BN3O2/c1-9-6-13-14(7-10(9)2)17-15(16-13)11-4-3-5-12(8-11)18(19)20/h3-8,16-17H,1-2H3. The highest BCUT2D eigenvalue weighted by atomic mass is 16.6. The molecular formula is C14H14BN3O2. The van der Waals surface area contributed by atoms with E-state index in [9.17, 15) is 10.1 Å². The van der Waals surface area contributed by atoms with Crippen LogP contribution in [-0.4, -0.2) is 11.9 Å². The van der Waals surface area contributed by atoms with Gasteiger partial charge in [0, 0.05) is 23.5 Å². The SMILES string of the molecule is Cc1cc2c(cc1C)NB(c1cccc([N+](=O)[O-])c1)N2. The Morgan fingerprint density at radius 1 is 1.05 bits per heavy atom. The van der Waals surface area contributed by atoms with Crippen LogP contribution in [0.1, 0.15) is 11.1 Å². The highest BCUT2D eigenvalue weighted by molar-refractivity contribution is 6.81. The van der Waals surface area contributed by atoms with Crippen LogP contribution in [-0.2, 0) is 0 Å². The number of nitrogens with zero attached hydrogens (tertiary/aromatic N) is 1. The summed E-state index contributed by atoms with van der Waals surface area (Å²) < 4.78 is 0. The molecule has 5 nitrogen and oxygen atoms in total. The number of nitro groups is 1. The van der Waals surface area contributed by atoms with Crippen LogP contribution in [0.15, 0.2) is 36.4 Å². The molecule has 0 unspecified atom stereocenters. The van der Waals surface area contributed by atoms with Crippen LogP contribution in [0.25, 0.3) is 0 Å². The number of benzene rings is 2. The largest absolute Gasteiger partial charge is 0.406 e. The molecule has 0 bridgehead atoms. The van der Waals surface area contributed by atoms with E-state index in [1.807, 2.05) is 6.07 Å².